The Hall–Kier alpha value is -2.62. The Bertz CT molecular complexity index is 594. The molecule has 0 heterocycles. The summed E-state index contributed by atoms with van der Waals surface area (Å²) in [5, 5.41) is 2.54. The molecule has 2 amide bonds. The van der Waals surface area contributed by atoms with E-state index >= 15 is 0 Å². The number of urea groups is 1. The largest absolute Gasteiger partial charge is 0.351 e. The van der Waals surface area contributed by atoms with Gasteiger partial charge in [-0.15, -0.1) is 0 Å². The second-order valence-electron chi connectivity index (χ2n) is 4.21. The zero-order valence-electron chi connectivity index (χ0n) is 11.0. The van der Waals surface area contributed by atoms with Crippen molar-refractivity contribution >= 4 is 23.6 Å². The zero-order valence-corrected chi connectivity index (χ0v) is 11.0. The minimum atomic E-state index is -0.596. The van der Waals surface area contributed by atoms with Crippen LogP contribution in [0.4, 0.5) is 16.2 Å². The SMILES string of the molecule is NC(=O)Nc1ccccc1/N=C/[CH]Cc1ccccc1. The van der Waals surface area contributed by atoms with Gasteiger partial charge < -0.3 is 11.1 Å². The molecular weight excluding hydrogens is 250 g/mol. The molecule has 0 aliphatic heterocycles. The van der Waals surface area contributed by atoms with Gasteiger partial charge in [-0.25, -0.2) is 4.79 Å². The number of hydrogen-bond acceptors (Lipinski definition) is 2. The number of carbonyl (C=O) groups excluding carboxylic acids is 1. The maximum atomic E-state index is 10.9. The summed E-state index contributed by atoms with van der Waals surface area (Å²) in [6, 6.07) is 16.8. The summed E-state index contributed by atoms with van der Waals surface area (Å²) in [6.45, 7) is 0. The van der Waals surface area contributed by atoms with E-state index < -0.39 is 6.03 Å². The Labute approximate surface area is 118 Å². The molecule has 0 saturated heterocycles. The number of amides is 2. The van der Waals surface area contributed by atoms with Gasteiger partial charge in [0.2, 0.25) is 0 Å². The van der Waals surface area contributed by atoms with E-state index in [2.05, 4.69) is 22.4 Å². The van der Waals surface area contributed by atoms with Crippen molar-refractivity contribution in [3.63, 3.8) is 0 Å². The molecule has 0 atom stereocenters. The molecule has 0 aliphatic rings. The molecule has 0 bridgehead atoms. The normalized spacial score (nSPS) is 10.6. The number of primary amides is 1. The van der Waals surface area contributed by atoms with E-state index in [1.807, 2.05) is 42.8 Å². The van der Waals surface area contributed by atoms with Crippen LogP contribution in [0.25, 0.3) is 0 Å². The van der Waals surface area contributed by atoms with Crippen LogP contribution in [0.2, 0.25) is 0 Å². The molecule has 2 rings (SSSR count). The summed E-state index contributed by atoms with van der Waals surface area (Å²) in [4.78, 5) is 15.2. The maximum Gasteiger partial charge on any atom is 0.316 e. The quantitative estimate of drug-likeness (QED) is 0.801. The highest BCUT2D eigenvalue weighted by atomic mass is 16.2. The van der Waals surface area contributed by atoms with Gasteiger partial charge >= 0.3 is 6.03 Å². The lowest BCUT2D eigenvalue weighted by Gasteiger charge is -2.04. The molecule has 0 fully saturated rings. The number of rotatable bonds is 5. The minimum absolute atomic E-state index is 0.596. The predicted molar refractivity (Wildman–Crippen MR) is 82.2 cm³/mol. The van der Waals surface area contributed by atoms with Crippen LogP contribution in [-0.2, 0) is 6.42 Å². The van der Waals surface area contributed by atoms with E-state index in [-0.39, 0.29) is 0 Å². The summed E-state index contributed by atoms with van der Waals surface area (Å²) in [6.07, 6.45) is 4.51. The van der Waals surface area contributed by atoms with Crippen molar-refractivity contribution < 1.29 is 4.79 Å². The second kappa shape index (κ2) is 7.09. The molecule has 0 unspecified atom stereocenters. The smallest absolute Gasteiger partial charge is 0.316 e. The van der Waals surface area contributed by atoms with E-state index in [1.54, 1.807) is 12.3 Å². The van der Waals surface area contributed by atoms with Crippen LogP contribution >= 0.6 is 0 Å². The predicted octanol–water partition coefficient (Wildman–Crippen LogP) is 3.33. The highest BCUT2D eigenvalue weighted by Gasteiger charge is 2.01. The first-order valence-electron chi connectivity index (χ1n) is 6.31. The molecule has 0 spiro atoms. The first-order chi connectivity index (χ1) is 9.75. The Balaban J connectivity index is 1.96. The van der Waals surface area contributed by atoms with E-state index in [9.17, 15) is 4.79 Å². The van der Waals surface area contributed by atoms with E-state index in [0.717, 1.165) is 6.42 Å². The molecule has 4 heteroatoms. The molecule has 0 aliphatic carbocycles. The number of nitrogens with two attached hydrogens (primary N) is 1. The van der Waals surface area contributed by atoms with Crippen LogP contribution in [0.1, 0.15) is 5.56 Å². The van der Waals surface area contributed by atoms with Crippen molar-refractivity contribution in [2.45, 2.75) is 6.42 Å². The third-order valence-corrected chi connectivity index (χ3v) is 2.68. The number of benzene rings is 2. The first-order valence-corrected chi connectivity index (χ1v) is 6.31. The van der Waals surface area contributed by atoms with Crippen LogP contribution in [0.15, 0.2) is 59.6 Å². The minimum Gasteiger partial charge on any atom is -0.351 e. The molecule has 3 N–H and O–H groups in total. The monoisotopic (exact) mass is 266 g/mol. The average molecular weight is 266 g/mol. The lowest BCUT2D eigenvalue weighted by Crippen LogP contribution is -2.19. The van der Waals surface area contributed by atoms with Crippen LogP contribution < -0.4 is 11.1 Å². The number of nitrogens with zero attached hydrogens (tertiary/aromatic N) is 1. The molecule has 4 nitrogen and oxygen atoms in total. The number of anilines is 1. The summed E-state index contributed by atoms with van der Waals surface area (Å²) < 4.78 is 0. The van der Waals surface area contributed by atoms with Crippen LogP contribution in [0.5, 0.6) is 0 Å². The number of hydrogen-bond donors (Lipinski definition) is 2. The van der Waals surface area contributed by atoms with Crippen molar-refractivity contribution in [3.05, 3.63) is 66.6 Å². The fraction of sp³-hybridized carbons (Fsp3) is 0.0625. The van der Waals surface area contributed by atoms with Gasteiger partial charge in [-0.2, -0.15) is 0 Å². The lowest BCUT2D eigenvalue weighted by molar-refractivity contribution is 0.259. The third kappa shape index (κ3) is 4.24. The van der Waals surface area contributed by atoms with Crippen LogP contribution in [-0.4, -0.2) is 12.2 Å². The van der Waals surface area contributed by atoms with Gasteiger partial charge in [0.1, 0.15) is 0 Å². The summed E-state index contributed by atoms with van der Waals surface area (Å²) in [7, 11) is 0. The van der Waals surface area contributed by atoms with Crippen molar-refractivity contribution in [3.8, 4) is 0 Å². The Kier molecular flexibility index (Phi) is 4.89. The number of aliphatic imine (C=N–C) groups is 1. The van der Waals surface area contributed by atoms with E-state index in [4.69, 9.17) is 5.73 Å². The zero-order chi connectivity index (χ0) is 14.2. The van der Waals surface area contributed by atoms with Gasteiger partial charge in [0, 0.05) is 12.6 Å². The molecule has 101 valence electrons. The van der Waals surface area contributed by atoms with Crippen LogP contribution in [0.3, 0.4) is 0 Å². The fourth-order valence-corrected chi connectivity index (χ4v) is 1.76. The lowest BCUT2D eigenvalue weighted by atomic mass is 10.1. The molecular formula is C16H16N3O. The van der Waals surface area contributed by atoms with Gasteiger partial charge in [0.25, 0.3) is 0 Å². The Morgan fingerprint density at radius 1 is 1.10 bits per heavy atom. The van der Waals surface area contributed by atoms with Gasteiger partial charge in [0.05, 0.1) is 11.4 Å². The molecule has 0 saturated carbocycles. The van der Waals surface area contributed by atoms with E-state index in [1.165, 1.54) is 5.56 Å². The fourth-order valence-electron chi connectivity index (χ4n) is 1.76. The van der Waals surface area contributed by atoms with Gasteiger partial charge in [-0.05, 0) is 24.1 Å². The van der Waals surface area contributed by atoms with Crippen molar-refractivity contribution in [2.24, 2.45) is 10.7 Å². The molecule has 20 heavy (non-hydrogen) atoms. The topological polar surface area (TPSA) is 67.5 Å². The van der Waals surface area contributed by atoms with Crippen molar-refractivity contribution in [1.29, 1.82) is 0 Å². The number of carbonyl (C=O) groups is 1. The highest BCUT2D eigenvalue weighted by molar-refractivity contribution is 5.92. The van der Waals surface area contributed by atoms with Crippen molar-refractivity contribution in [2.75, 3.05) is 5.32 Å². The third-order valence-electron chi connectivity index (χ3n) is 2.68. The van der Waals surface area contributed by atoms with Gasteiger partial charge in [-0.3, -0.25) is 4.99 Å². The highest BCUT2D eigenvalue weighted by Crippen LogP contribution is 2.23. The second-order valence-corrected chi connectivity index (χ2v) is 4.21. The molecule has 2 aromatic rings. The van der Waals surface area contributed by atoms with Crippen LogP contribution in [0, 0.1) is 6.42 Å². The first kappa shape index (κ1) is 13.8. The summed E-state index contributed by atoms with van der Waals surface area (Å²) in [5.74, 6) is 0. The number of nitrogens with one attached hydrogen (secondary N) is 1. The number of para-hydroxylation sites is 2. The molecule has 1 radical (unpaired) electrons. The van der Waals surface area contributed by atoms with Gasteiger partial charge in [0.15, 0.2) is 0 Å². The van der Waals surface area contributed by atoms with Crippen molar-refractivity contribution in [1.82, 2.24) is 0 Å². The average Bonchev–Trinajstić information content (AvgIpc) is 2.46. The van der Waals surface area contributed by atoms with E-state index in [0.29, 0.717) is 11.4 Å². The Morgan fingerprint density at radius 3 is 2.55 bits per heavy atom. The summed E-state index contributed by atoms with van der Waals surface area (Å²) in [5.41, 5.74) is 7.62. The Morgan fingerprint density at radius 2 is 1.80 bits per heavy atom. The molecule has 0 aromatic heterocycles. The summed E-state index contributed by atoms with van der Waals surface area (Å²) >= 11 is 0. The maximum absolute atomic E-state index is 10.9. The standard InChI is InChI=1S/C16H16N3O/c17-16(20)19-15-11-5-4-10-14(15)18-12-6-9-13-7-2-1-3-8-13/h1-8,10-12H,9H2,(H3,17,19,20)/b18-12+. The molecule has 2 aromatic carbocycles. The van der Waals surface area contributed by atoms with Gasteiger partial charge in [-0.1, -0.05) is 42.5 Å².